The average Bonchev–Trinajstić information content (AvgIpc) is 0.772. The van der Waals surface area contributed by atoms with Crippen LogP contribution in [0.3, 0.4) is 0 Å². The van der Waals surface area contributed by atoms with Gasteiger partial charge in [-0.1, -0.05) is 131 Å². The molecule has 0 aliphatic heterocycles. The van der Waals surface area contributed by atoms with E-state index in [9.17, 15) is 28.8 Å². The SMILES string of the molecule is COC(=O)CCCC=C(c1cc(Cl)c(OC)c(C(=O)OC)c1)c1cc(Cl)c(OC)c(C(=O)OC)c1.COc1c(Cl)cc(C(=CCCCC(C)=O)c2cc(Cl)c(OC)c(C(=O)SC)c2)cc1C(=O)SC.COc1c(Cl)cc(C(=CCCCC(SC)(SC)SC)c2cc(Cl)c(OC)c(C(SC)(SC)SC)c2)cc1C(SC)(SC)SC.CS[Si](C)(C)C.[Cl][Al]([Cl])[Cl]. The van der Waals surface area contributed by atoms with Gasteiger partial charge >= 0.3 is 29.3 Å². The van der Waals surface area contributed by atoms with Crippen molar-refractivity contribution in [3.8, 4) is 34.5 Å². The second-order valence-corrected chi connectivity index (χ2v) is 57.9. The Morgan fingerprint density at radius 1 is 0.366 bits per heavy atom. The molecule has 0 aliphatic rings. The van der Waals surface area contributed by atoms with Crippen molar-refractivity contribution in [3.05, 3.63) is 188 Å². The topological polar surface area (TPSA) is 185 Å². The van der Waals surface area contributed by atoms with Crippen molar-refractivity contribution in [3.63, 3.8) is 0 Å². The number of carbonyl (C=O) groups excluding carboxylic acids is 6. The molecule has 0 aromatic heterocycles. The molecule has 0 unspecified atom stereocenters. The first-order chi connectivity index (χ1) is 58.2. The number of Topliss-reactive ketones (excluding diaryl/α,β-unsaturated/α-hetero) is 1. The van der Waals surface area contributed by atoms with Crippen molar-refractivity contribution in [2.24, 2.45) is 0 Å². The molecule has 123 heavy (non-hydrogen) atoms. The van der Waals surface area contributed by atoms with Crippen LogP contribution in [-0.4, -0.2) is 195 Å². The van der Waals surface area contributed by atoms with Crippen molar-refractivity contribution in [1.29, 1.82) is 0 Å². The fourth-order valence-electron chi connectivity index (χ4n) is 11.9. The quantitative estimate of drug-likeness (QED) is 0.0116. The number of ether oxygens (including phenoxy) is 9. The number of methoxy groups -OCH3 is 9. The number of halogens is 9. The molecular formula is C85H108AlCl9O15S12Si. The summed E-state index contributed by atoms with van der Waals surface area (Å²) in [6.45, 7) is 8.59. The van der Waals surface area contributed by atoms with Gasteiger partial charge in [0.15, 0.2) is 11.5 Å². The average molecular weight is 2130 g/mol. The number of ketones is 1. The minimum atomic E-state index is -1.72. The van der Waals surface area contributed by atoms with Gasteiger partial charge in [0.05, 0.1) is 105 Å². The van der Waals surface area contributed by atoms with Gasteiger partial charge < -0.3 is 47.4 Å². The Morgan fingerprint density at radius 2 is 0.618 bits per heavy atom. The van der Waals surface area contributed by atoms with Gasteiger partial charge in [-0.05, 0) is 250 Å². The molecule has 38 heteroatoms. The summed E-state index contributed by atoms with van der Waals surface area (Å²) in [6, 6.07) is 21.8. The van der Waals surface area contributed by atoms with Crippen LogP contribution in [0.15, 0.2) is 91.0 Å². The fraction of sp³-hybridized carbons (Fsp3) is 0.435. The van der Waals surface area contributed by atoms with Gasteiger partial charge in [-0.3, -0.25) is 14.4 Å². The highest BCUT2D eigenvalue weighted by Crippen LogP contribution is 2.59. The van der Waals surface area contributed by atoms with Gasteiger partial charge in [0, 0.05) is 24.0 Å². The van der Waals surface area contributed by atoms with Crippen LogP contribution in [0.25, 0.3) is 16.7 Å². The number of hydrogen-bond donors (Lipinski definition) is 0. The lowest BCUT2D eigenvalue weighted by Crippen LogP contribution is -2.15. The van der Waals surface area contributed by atoms with E-state index in [1.165, 1.54) is 49.8 Å². The summed E-state index contributed by atoms with van der Waals surface area (Å²) in [5.74, 6) is 0.854. The molecule has 0 bridgehead atoms. The molecule has 0 spiro atoms. The maximum absolute atomic E-state index is 12.6. The molecule has 0 saturated heterocycles. The highest BCUT2D eigenvalue weighted by Gasteiger charge is 2.38. The van der Waals surface area contributed by atoms with E-state index in [1.54, 1.807) is 153 Å². The normalized spacial score (nSPS) is 11.1. The Morgan fingerprint density at radius 3 is 0.854 bits per heavy atom. The van der Waals surface area contributed by atoms with E-state index < -0.39 is 30.5 Å². The summed E-state index contributed by atoms with van der Waals surface area (Å²) in [5, 5.41) is 1.75. The Kier molecular flexibility index (Phi) is 57.0. The van der Waals surface area contributed by atoms with Gasteiger partial charge in [-0.2, -0.15) is 11.2 Å². The van der Waals surface area contributed by atoms with Crippen LogP contribution in [-0.2, 0) is 30.6 Å². The molecule has 0 amide bonds. The summed E-state index contributed by atoms with van der Waals surface area (Å²) in [6.07, 6.45) is 37.2. The minimum Gasteiger partial charge on any atom is -0.495 e. The lowest BCUT2D eigenvalue weighted by Gasteiger charge is -2.32. The van der Waals surface area contributed by atoms with E-state index in [-0.39, 0.29) is 81.4 Å². The van der Waals surface area contributed by atoms with E-state index in [0.29, 0.717) is 92.6 Å². The first kappa shape index (κ1) is 117. The van der Waals surface area contributed by atoms with Gasteiger partial charge in [-0.25, -0.2) is 39.7 Å². The third kappa shape index (κ3) is 34.7. The second kappa shape index (κ2) is 59.8. The molecule has 680 valence electrons. The van der Waals surface area contributed by atoms with E-state index in [1.807, 2.05) is 70.8 Å². The summed E-state index contributed by atoms with van der Waals surface area (Å²) >= 11 is 58.9. The predicted molar refractivity (Wildman–Crippen MR) is 560 cm³/mol. The zero-order valence-corrected chi connectivity index (χ0v) is 92.3. The van der Waals surface area contributed by atoms with Crippen molar-refractivity contribution < 1.29 is 71.4 Å². The zero-order chi connectivity index (χ0) is 93.4. The third-order valence-electron chi connectivity index (χ3n) is 18.1. The molecule has 15 nitrogen and oxygen atoms in total. The van der Waals surface area contributed by atoms with Gasteiger partial charge in [-0.15, -0.1) is 106 Å². The molecule has 6 aromatic rings. The highest BCUT2D eigenvalue weighted by molar-refractivity contribution is 8.33. The van der Waals surface area contributed by atoms with E-state index >= 15 is 0 Å². The predicted octanol–water partition coefficient (Wildman–Crippen LogP) is 29.2. The molecular weight excluding hydrogens is 2020 g/mol. The Hall–Kier alpha value is -1.68. The van der Waals surface area contributed by atoms with Crippen LogP contribution in [0, 0.1) is 0 Å². The first-order valence-electron chi connectivity index (χ1n) is 37.0. The first-order valence-corrected chi connectivity index (χ1v) is 63.4. The number of hydrogen-bond acceptors (Lipinski definition) is 27. The van der Waals surface area contributed by atoms with Crippen LogP contribution in [0.1, 0.15) is 151 Å². The summed E-state index contributed by atoms with van der Waals surface area (Å²) < 4.78 is 47.2. The molecule has 6 rings (SSSR count). The lowest BCUT2D eigenvalue weighted by atomic mass is 9.93. The maximum Gasteiger partial charge on any atom is 0.643 e. The van der Waals surface area contributed by atoms with Crippen LogP contribution >= 0.6 is 240 Å². The Bertz CT molecular complexity index is 4350. The van der Waals surface area contributed by atoms with E-state index in [4.69, 9.17) is 142 Å². The number of esters is 3. The van der Waals surface area contributed by atoms with Gasteiger partial charge in [0.25, 0.3) is 0 Å². The molecule has 0 aliphatic carbocycles. The summed E-state index contributed by atoms with van der Waals surface area (Å²) in [7, 11) is 27.0. The second-order valence-electron chi connectivity index (χ2n) is 26.2. The highest BCUT2D eigenvalue weighted by atomic mass is 35.8. The van der Waals surface area contributed by atoms with Crippen LogP contribution < -0.4 is 28.4 Å². The Balaban J connectivity index is 0.000000595. The smallest absolute Gasteiger partial charge is 0.495 e. The number of rotatable bonds is 40. The van der Waals surface area contributed by atoms with Crippen LogP contribution in [0.4, 0.5) is 0 Å². The lowest BCUT2D eigenvalue weighted by molar-refractivity contribution is -0.140. The molecule has 6 aromatic carbocycles. The molecule has 0 heterocycles. The van der Waals surface area contributed by atoms with Crippen molar-refractivity contribution >= 4 is 310 Å². The molecule has 0 fully saturated rings. The summed E-state index contributed by atoms with van der Waals surface area (Å²) in [4.78, 5) is 72.9. The molecule has 0 N–H and O–H groups in total. The Labute approximate surface area is 827 Å². The minimum absolute atomic E-state index is 0.107. The number of allylic oxidation sites excluding steroid dienone is 3. The monoisotopic (exact) mass is 2120 g/mol. The maximum atomic E-state index is 12.6. The third-order valence-corrected chi connectivity index (χ3v) is 41.9. The van der Waals surface area contributed by atoms with E-state index in [2.05, 4.69) is 100 Å². The van der Waals surface area contributed by atoms with Gasteiger partial charge in [0.1, 0.15) is 57.4 Å². The molecule has 0 saturated carbocycles. The largest absolute Gasteiger partial charge is 0.643 e. The van der Waals surface area contributed by atoms with Crippen molar-refractivity contribution in [1.82, 2.24) is 0 Å². The van der Waals surface area contributed by atoms with Crippen molar-refractivity contribution in [2.75, 3.05) is 139 Å². The number of thioether (sulfide) groups is 11. The van der Waals surface area contributed by atoms with Gasteiger partial charge in [0.2, 0.25) is 10.2 Å². The van der Waals surface area contributed by atoms with Crippen LogP contribution in [0.5, 0.6) is 34.5 Å². The number of benzene rings is 6. The van der Waals surface area contributed by atoms with Crippen LogP contribution in [0.2, 0.25) is 49.8 Å². The number of unbranched alkanes of at least 4 members (excludes halogenated alkanes) is 3. The molecule has 0 atom stereocenters. The zero-order valence-electron chi connectivity index (χ0n) is 73.5. The summed E-state index contributed by atoms with van der Waals surface area (Å²) in [5.41, 5.74) is 9.97. The van der Waals surface area contributed by atoms with Crippen molar-refractivity contribution in [2.45, 2.75) is 94.6 Å². The van der Waals surface area contributed by atoms with E-state index in [0.717, 1.165) is 87.7 Å². The molecule has 0 radical (unpaired) electrons. The number of carbonyl (C=O) groups is 6. The fourth-order valence-corrected chi connectivity index (χ4v) is 23.7. The standard InChI is InChI=1S/C31H44Cl2O2S9.C25H26Cl2O8.C25H26Cl2O5S2.C4H12SSi.Al.3ClH/c1-34-27-23(30(39-6,40-7)41-8)16-20(18-25(27)32)22(14-12-13-15-29(36-3,37-4)38-5)21-17-24(28(35-2)26(33)19-21)31(42-9,43-10)44-11;1-31-21(28)9-7-6-8-16(14-10-17(24(29)34-4)22(32-2)19(26)12-14)15-11-18(25(30)35-5)23(33-3)20(27)13-15;1-14(28)8-6-7-9-17(15-10-18(24(29)33-4)22(31-2)20(26)12-15)16-11-19(25(30)34-5)23(32-3)21(27)13-16;1-5-6(2,3)4;;;;/h14,16-19H,12-13,15H2,1-11H3;8,10-13H,6-7,9H2,1-5H3;9-13H,6-8H2,1-5H3;1-4H3;;3*1H/q;;;;+3;;;/p-3.